The minimum absolute atomic E-state index is 0.0494. The molecule has 35 heavy (non-hydrogen) atoms. The first-order valence-corrected chi connectivity index (χ1v) is 12.1. The van der Waals surface area contributed by atoms with Crippen LogP contribution >= 0.6 is 0 Å². The Morgan fingerprint density at radius 3 is 2.46 bits per heavy atom. The first-order chi connectivity index (χ1) is 17.0. The molecule has 6 nitrogen and oxygen atoms in total. The van der Waals surface area contributed by atoms with Crippen LogP contribution in [0.1, 0.15) is 34.9 Å². The number of rotatable bonds is 8. The highest BCUT2D eigenvalue weighted by atomic mass is 16.5. The van der Waals surface area contributed by atoms with E-state index in [0.717, 1.165) is 45.0 Å². The van der Waals surface area contributed by atoms with Crippen molar-refractivity contribution < 1.29 is 14.3 Å². The van der Waals surface area contributed by atoms with Crippen molar-refractivity contribution in [3.8, 4) is 11.5 Å². The van der Waals surface area contributed by atoms with Crippen molar-refractivity contribution in [2.45, 2.75) is 39.3 Å². The second-order valence-corrected chi connectivity index (χ2v) is 9.20. The Labute approximate surface area is 206 Å². The quantitative estimate of drug-likeness (QED) is 0.353. The summed E-state index contributed by atoms with van der Waals surface area (Å²) < 4.78 is 13.7. The highest BCUT2D eigenvalue weighted by Gasteiger charge is 2.34. The van der Waals surface area contributed by atoms with Crippen LogP contribution < -0.4 is 9.47 Å². The third-order valence-corrected chi connectivity index (χ3v) is 6.77. The van der Waals surface area contributed by atoms with Crippen LogP contribution in [0.25, 0.3) is 11.0 Å². The van der Waals surface area contributed by atoms with Gasteiger partial charge in [-0.3, -0.25) is 4.79 Å². The van der Waals surface area contributed by atoms with E-state index < -0.39 is 0 Å². The molecule has 1 fully saturated rings. The molecule has 1 saturated heterocycles. The van der Waals surface area contributed by atoms with E-state index in [-0.39, 0.29) is 11.8 Å². The number of methoxy groups -OCH3 is 1. The number of carbonyl (C=O) groups is 1. The molecule has 1 amide bonds. The van der Waals surface area contributed by atoms with Gasteiger partial charge in [0.1, 0.15) is 23.9 Å². The average Bonchev–Trinajstić information content (AvgIpc) is 3.41. The molecule has 4 aromatic rings. The Balaban J connectivity index is 1.35. The van der Waals surface area contributed by atoms with Gasteiger partial charge in [0.15, 0.2) is 0 Å². The summed E-state index contributed by atoms with van der Waals surface area (Å²) in [5.41, 5.74) is 5.40. The average molecular weight is 470 g/mol. The normalized spacial score (nSPS) is 15.7. The van der Waals surface area contributed by atoms with Crippen LogP contribution in [0.3, 0.4) is 0 Å². The maximum Gasteiger partial charge on any atom is 0.223 e. The SMILES string of the molecule is COc1ccc(CN2CC(c3nc4ccccc4n3CCOc3c(C)cccc3C)CC2=O)cc1. The number of amides is 1. The number of hydrogen-bond acceptors (Lipinski definition) is 4. The summed E-state index contributed by atoms with van der Waals surface area (Å²) in [5.74, 6) is 2.93. The maximum absolute atomic E-state index is 12.9. The lowest BCUT2D eigenvalue weighted by Gasteiger charge is -2.18. The molecule has 0 radical (unpaired) electrons. The lowest BCUT2D eigenvalue weighted by Crippen LogP contribution is -2.24. The van der Waals surface area contributed by atoms with Crippen molar-refractivity contribution in [1.82, 2.24) is 14.5 Å². The molecule has 5 rings (SSSR count). The number of hydrogen-bond donors (Lipinski definition) is 0. The first kappa shape index (κ1) is 23.0. The molecule has 0 bridgehead atoms. The largest absolute Gasteiger partial charge is 0.497 e. The fraction of sp³-hybridized carbons (Fsp3) is 0.310. The van der Waals surface area contributed by atoms with E-state index in [1.807, 2.05) is 53.4 Å². The third-order valence-electron chi connectivity index (χ3n) is 6.77. The molecule has 3 aromatic carbocycles. The monoisotopic (exact) mass is 469 g/mol. The second kappa shape index (κ2) is 9.82. The topological polar surface area (TPSA) is 56.6 Å². The van der Waals surface area contributed by atoms with E-state index in [9.17, 15) is 4.79 Å². The standard InChI is InChI=1S/C29H31N3O3/c1-20-7-6-8-21(2)28(20)35-16-15-32-26-10-5-4-9-25(26)30-29(32)23-17-27(33)31(19-23)18-22-11-13-24(34-3)14-12-22/h4-14,23H,15-19H2,1-3H3. The van der Waals surface area contributed by atoms with Gasteiger partial charge in [-0.1, -0.05) is 42.5 Å². The van der Waals surface area contributed by atoms with Gasteiger partial charge in [-0.05, 0) is 54.8 Å². The number of ether oxygens (including phenoxy) is 2. The van der Waals surface area contributed by atoms with Crippen LogP contribution in [0.4, 0.5) is 0 Å². The van der Waals surface area contributed by atoms with Gasteiger partial charge in [-0.25, -0.2) is 4.98 Å². The summed E-state index contributed by atoms with van der Waals surface area (Å²) in [5, 5.41) is 0. The van der Waals surface area contributed by atoms with E-state index in [1.54, 1.807) is 7.11 Å². The van der Waals surface area contributed by atoms with Gasteiger partial charge in [0.05, 0.1) is 24.7 Å². The second-order valence-electron chi connectivity index (χ2n) is 9.20. The summed E-state index contributed by atoms with van der Waals surface area (Å²) in [6, 6.07) is 22.3. The lowest BCUT2D eigenvalue weighted by atomic mass is 10.1. The Morgan fingerprint density at radius 2 is 1.71 bits per heavy atom. The van der Waals surface area contributed by atoms with E-state index in [4.69, 9.17) is 14.5 Å². The minimum atomic E-state index is 0.0494. The summed E-state index contributed by atoms with van der Waals surface area (Å²) in [6.07, 6.45) is 0.469. The molecule has 1 aliphatic rings. The number of fused-ring (bicyclic) bond motifs is 1. The zero-order valence-corrected chi connectivity index (χ0v) is 20.5. The van der Waals surface area contributed by atoms with Crippen molar-refractivity contribution in [1.29, 1.82) is 0 Å². The highest BCUT2D eigenvalue weighted by molar-refractivity contribution is 5.81. The van der Waals surface area contributed by atoms with Gasteiger partial charge in [0.2, 0.25) is 5.91 Å². The number of nitrogens with zero attached hydrogens (tertiary/aromatic N) is 3. The third kappa shape index (κ3) is 4.74. The number of benzene rings is 3. The lowest BCUT2D eigenvalue weighted by molar-refractivity contribution is -0.128. The molecule has 1 aliphatic heterocycles. The summed E-state index contributed by atoms with van der Waals surface area (Å²) in [6.45, 7) is 6.60. The fourth-order valence-electron chi connectivity index (χ4n) is 4.96. The van der Waals surface area contributed by atoms with Crippen LogP contribution in [0.2, 0.25) is 0 Å². The molecule has 0 saturated carbocycles. The van der Waals surface area contributed by atoms with E-state index >= 15 is 0 Å². The first-order valence-electron chi connectivity index (χ1n) is 12.1. The van der Waals surface area contributed by atoms with E-state index in [2.05, 4.69) is 36.6 Å². The van der Waals surface area contributed by atoms with Crippen molar-refractivity contribution in [2.24, 2.45) is 0 Å². The maximum atomic E-state index is 12.9. The van der Waals surface area contributed by atoms with Gasteiger partial charge in [0, 0.05) is 25.4 Å². The Hall–Kier alpha value is -3.80. The molecule has 2 heterocycles. The summed E-state index contributed by atoms with van der Waals surface area (Å²) in [4.78, 5) is 19.8. The Bertz CT molecular complexity index is 1320. The van der Waals surface area contributed by atoms with Gasteiger partial charge in [-0.2, -0.15) is 0 Å². The fourth-order valence-corrected chi connectivity index (χ4v) is 4.96. The van der Waals surface area contributed by atoms with Crippen molar-refractivity contribution in [3.63, 3.8) is 0 Å². The van der Waals surface area contributed by atoms with E-state index in [1.165, 1.54) is 0 Å². The van der Waals surface area contributed by atoms with E-state index in [0.29, 0.717) is 32.7 Å². The molecule has 6 heteroatoms. The van der Waals surface area contributed by atoms with Crippen LogP contribution in [-0.4, -0.2) is 40.6 Å². The summed E-state index contributed by atoms with van der Waals surface area (Å²) >= 11 is 0. The zero-order chi connectivity index (χ0) is 24.4. The highest BCUT2D eigenvalue weighted by Crippen LogP contribution is 2.32. The number of likely N-dealkylation sites (tertiary alicyclic amines) is 1. The number of carbonyl (C=O) groups excluding carboxylic acids is 1. The molecular weight excluding hydrogens is 438 g/mol. The number of aromatic nitrogens is 2. The predicted octanol–water partition coefficient (Wildman–Crippen LogP) is 5.26. The molecule has 0 aliphatic carbocycles. The number of imidazole rings is 1. The molecular formula is C29H31N3O3. The predicted molar refractivity (Wildman–Crippen MR) is 137 cm³/mol. The minimum Gasteiger partial charge on any atom is -0.497 e. The Morgan fingerprint density at radius 1 is 0.971 bits per heavy atom. The molecule has 180 valence electrons. The molecule has 0 N–H and O–H groups in total. The summed E-state index contributed by atoms with van der Waals surface area (Å²) in [7, 11) is 1.66. The van der Waals surface area contributed by atoms with Gasteiger partial charge in [-0.15, -0.1) is 0 Å². The number of aryl methyl sites for hydroxylation is 2. The number of para-hydroxylation sites is 3. The Kier molecular flexibility index (Phi) is 6.45. The molecule has 0 spiro atoms. The van der Waals surface area contributed by atoms with Crippen molar-refractivity contribution in [3.05, 3.63) is 89.2 Å². The smallest absolute Gasteiger partial charge is 0.223 e. The van der Waals surface area contributed by atoms with Crippen LogP contribution in [0.15, 0.2) is 66.7 Å². The zero-order valence-electron chi connectivity index (χ0n) is 20.5. The molecule has 1 atom stereocenters. The van der Waals surface area contributed by atoms with Gasteiger partial charge < -0.3 is 18.9 Å². The van der Waals surface area contributed by atoms with Gasteiger partial charge >= 0.3 is 0 Å². The van der Waals surface area contributed by atoms with Crippen molar-refractivity contribution in [2.75, 3.05) is 20.3 Å². The van der Waals surface area contributed by atoms with Crippen molar-refractivity contribution >= 4 is 16.9 Å². The van der Waals surface area contributed by atoms with Crippen LogP contribution in [0.5, 0.6) is 11.5 Å². The van der Waals surface area contributed by atoms with Gasteiger partial charge in [0.25, 0.3) is 0 Å². The van der Waals surface area contributed by atoms with Crippen LogP contribution in [0, 0.1) is 13.8 Å². The van der Waals surface area contributed by atoms with Crippen LogP contribution in [-0.2, 0) is 17.9 Å². The molecule has 1 unspecified atom stereocenters. The molecule has 1 aromatic heterocycles.